The Kier molecular flexibility index (Phi) is 7.93. The van der Waals surface area contributed by atoms with Gasteiger partial charge in [-0.3, -0.25) is 14.5 Å². The Balaban J connectivity index is 1.52. The first-order chi connectivity index (χ1) is 14.6. The highest BCUT2D eigenvalue weighted by atomic mass is 16.5. The Bertz CT molecular complexity index is 727. The van der Waals surface area contributed by atoms with E-state index in [-0.39, 0.29) is 23.9 Å². The van der Waals surface area contributed by atoms with Crippen LogP contribution in [0.15, 0.2) is 18.2 Å². The van der Waals surface area contributed by atoms with Crippen LogP contribution in [-0.4, -0.2) is 75.9 Å². The van der Waals surface area contributed by atoms with Crippen LogP contribution < -0.4 is 20.1 Å². The minimum absolute atomic E-state index is 0.00501. The lowest BCUT2D eigenvalue weighted by molar-refractivity contribution is -0.121. The summed E-state index contributed by atoms with van der Waals surface area (Å²) in [4.78, 5) is 27.4. The van der Waals surface area contributed by atoms with Crippen molar-refractivity contribution >= 4 is 11.8 Å². The quantitative estimate of drug-likeness (QED) is 0.665. The Morgan fingerprint density at radius 1 is 1.03 bits per heavy atom. The Morgan fingerprint density at radius 2 is 1.73 bits per heavy atom. The molecule has 30 heavy (non-hydrogen) atoms. The summed E-state index contributed by atoms with van der Waals surface area (Å²) in [6, 6.07) is 4.91. The molecule has 0 spiro atoms. The number of carbonyl (C=O) groups excluding carboxylic acids is 2. The molecule has 1 aliphatic heterocycles. The topological polar surface area (TPSA) is 89.1 Å². The maximum Gasteiger partial charge on any atom is 0.251 e. The van der Waals surface area contributed by atoms with Crippen molar-refractivity contribution in [3.8, 4) is 11.5 Å². The van der Waals surface area contributed by atoms with Crippen molar-refractivity contribution in [2.24, 2.45) is 0 Å². The maximum absolute atomic E-state index is 12.5. The molecule has 3 rings (SSSR count). The van der Waals surface area contributed by atoms with E-state index in [1.807, 2.05) is 0 Å². The molecule has 1 saturated heterocycles. The van der Waals surface area contributed by atoms with Crippen LogP contribution in [-0.2, 0) is 9.53 Å². The van der Waals surface area contributed by atoms with E-state index < -0.39 is 0 Å². The average Bonchev–Trinajstić information content (AvgIpc) is 2.81. The van der Waals surface area contributed by atoms with Gasteiger partial charge in [-0.1, -0.05) is 19.3 Å². The number of morpholine rings is 1. The number of nitrogens with one attached hydrogen (secondary N) is 2. The second-order valence-corrected chi connectivity index (χ2v) is 7.91. The largest absolute Gasteiger partial charge is 0.493 e. The van der Waals surface area contributed by atoms with Gasteiger partial charge < -0.3 is 24.8 Å². The van der Waals surface area contributed by atoms with Crippen LogP contribution in [0.5, 0.6) is 11.5 Å². The van der Waals surface area contributed by atoms with Crippen LogP contribution >= 0.6 is 0 Å². The fourth-order valence-electron chi connectivity index (χ4n) is 4.42. The molecule has 2 fully saturated rings. The standard InChI is InChI=1S/C22H33N3O5/c1-28-18-7-6-17(14-19(18)29-2)21(27)23-15-20(26)24-16-22(8-4-3-5-9-22)25-10-12-30-13-11-25/h6-7,14H,3-5,8-13,15-16H2,1-2H3,(H,23,27)(H,24,26). The van der Waals surface area contributed by atoms with Crippen LogP contribution in [0.25, 0.3) is 0 Å². The molecule has 0 unspecified atom stereocenters. The van der Waals surface area contributed by atoms with Gasteiger partial charge >= 0.3 is 0 Å². The van der Waals surface area contributed by atoms with Crippen molar-refractivity contribution in [1.82, 2.24) is 15.5 Å². The third-order valence-electron chi connectivity index (χ3n) is 6.14. The van der Waals surface area contributed by atoms with Gasteiger partial charge in [0, 0.05) is 30.7 Å². The van der Waals surface area contributed by atoms with E-state index >= 15 is 0 Å². The van der Waals surface area contributed by atoms with Crippen molar-refractivity contribution in [3.05, 3.63) is 23.8 Å². The second kappa shape index (κ2) is 10.6. The summed E-state index contributed by atoms with van der Waals surface area (Å²) < 4.78 is 15.9. The second-order valence-electron chi connectivity index (χ2n) is 7.91. The average molecular weight is 420 g/mol. The van der Waals surface area contributed by atoms with Crippen molar-refractivity contribution in [3.63, 3.8) is 0 Å². The molecule has 0 atom stereocenters. The highest BCUT2D eigenvalue weighted by Gasteiger charge is 2.38. The van der Waals surface area contributed by atoms with E-state index in [0.717, 1.165) is 39.1 Å². The molecular formula is C22H33N3O5. The molecule has 1 heterocycles. The predicted octanol–water partition coefficient (Wildman–Crippen LogP) is 1.58. The van der Waals surface area contributed by atoms with Crippen molar-refractivity contribution < 1.29 is 23.8 Å². The molecule has 1 saturated carbocycles. The molecule has 166 valence electrons. The first-order valence-electron chi connectivity index (χ1n) is 10.7. The van der Waals surface area contributed by atoms with Gasteiger partial charge in [0.1, 0.15) is 0 Å². The van der Waals surface area contributed by atoms with Gasteiger partial charge in [-0.25, -0.2) is 0 Å². The molecule has 8 heteroatoms. The van der Waals surface area contributed by atoms with Gasteiger partial charge in [-0.15, -0.1) is 0 Å². The van der Waals surface area contributed by atoms with E-state index in [1.165, 1.54) is 33.5 Å². The normalized spacial score (nSPS) is 19.0. The Morgan fingerprint density at radius 3 is 2.40 bits per heavy atom. The number of hydrogen-bond acceptors (Lipinski definition) is 6. The summed E-state index contributed by atoms with van der Waals surface area (Å²) in [6.45, 7) is 3.86. The summed E-state index contributed by atoms with van der Waals surface area (Å²) in [5, 5.41) is 5.74. The Hall–Kier alpha value is -2.32. The number of carbonyl (C=O) groups is 2. The highest BCUT2D eigenvalue weighted by molar-refractivity contribution is 5.97. The smallest absolute Gasteiger partial charge is 0.251 e. The Labute approximate surface area is 178 Å². The fourth-order valence-corrected chi connectivity index (χ4v) is 4.42. The molecule has 1 aliphatic carbocycles. The number of methoxy groups -OCH3 is 2. The first-order valence-corrected chi connectivity index (χ1v) is 10.7. The number of benzene rings is 1. The summed E-state index contributed by atoms with van der Waals surface area (Å²) >= 11 is 0. The van der Waals surface area contributed by atoms with Gasteiger partial charge in [0.25, 0.3) is 5.91 Å². The van der Waals surface area contributed by atoms with Crippen LogP contribution in [0, 0.1) is 0 Å². The fraction of sp³-hybridized carbons (Fsp3) is 0.636. The van der Waals surface area contributed by atoms with E-state index in [4.69, 9.17) is 14.2 Å². The lowest BCUT2D eigenvalue weighted by atomic mass is 9.79. The molecule has 0 aromatic heterocycles. The summed E-state index contributed by atoms with van der Waals surface area (Å²) in [5.41, 5.74) is 0.419. The molecule has 2 amide bonds. The van der Waals surface area contributed by atoms with Crippen molar-refractivity contribution in [2.75, 3.05) is 53.6 Å². The van der Waals surface area contributed by atoms with Crippen LogP contribution in [0.4, 0.5) is 0 Å². The highest BCUT2D eigenvalue weighted by Crippen LogP contribution is 2.34. The number of rotatable bonds is 8. The van der Waals surface area contributed by atoms with Gasteiger partial charge in [-0.2, -0.15) is 0 Å². The lowest BCUT2D eigenvalue weighted by Crippen LogP contribution is -2.60. The zero-order valence-electron chi connectivity index (χ0n) is 18.0. The molecule has 0 radical (unpaired) electrons. The molecule has 1 aromatic rings. The summed E-state index contributed by atoms with van der Waals surface area (Å²) in [6.07, 6.45) is 5.80. The maximum atomic E-state index is 12.5. The van der Waals surface area contributed by atoms with Gasteiger partial charge in [0.2, 0.25) is 5.91 Å². The number of ether oxygens (including phenoxy) is 3. The number of hydrogen-bond donors (Lipinski definition) is 2. The van der Waals surface area contributed by atoms with E-state index in [1.54, 1.807) is 18.2 Å². The molecule has 2 N–H and O–H groups in total. The monoisotopic (exact) mass is 419 g/mol. The third-order valence-corrected chi connectivity index (χ3v) is 6.14. The first kappa shape index (κ1) is 22.4. The summed E-state index contributed by atoms with van der Waals surface area (Å²) in [7, 11) is 3.06. The number of nitrogens with zero attached hydrogens (tertiary/aromatic N) is 1. The van der Waals surface area contributed by atoms with Crippen LogP contribution in [0.2, 0.25) is 0 Å². The zero-order valence-corrected chi connectivity index (χ0v) is 18.0. The van der Waals surface area contributed by atoms with Crippen molar-refractivity contribution in [1.29, 1.82) is 0 Å². The minimum atomic E-state index is -0.327. The molecule has 0 bridgehead atoms. The van der Waals surface area contributed by atoms with Crippen LogP contribution in [0.1, 0.15) is 42.5 Å². The van der Waals surface area contributed by atoms with Gasteiger partial charge in [0.15, 0.2) is 11.5 Å². The number of amides is 2. The predicted molar refractivity (Wildman–Crippen MR) is 113 cm³/mol. The minimum Gasteiger partial charge on any atom is -0.493 e. The van der Waals surface area contributed by atoms with Crippen LogP contribution in [0.3, 0.4) is 0 Å². The zero-order chi connectivity index (χ0) is 21.4. The van der Waals surface area contributed by atoms with E-state index in [2.05, 4.69) is 15.5 Å². The molecule has 1 aromatic carbocycles. The summed E-state index contributed by atoms with van der Waals surface area (Å²) in [5.74, 6) is 0.515. The van der Waals surface area contributed by atoms with Gasteiger partial charge in [0.05, 0.1) is 34.0 Å². The van der Waals surface area contributed by atoms with E-state index in [0.29, 0.717) is 23.6 Å². The molecule has 8 nitrogen and oxygen atoms in total. The molecular weight excluding hydrogens is 386 g/mol. The van der Waals surface area contributed by atoms with E-state index in [9.17, 15) is 9.59 Å². The SMILES string of the molecule is COc1ccc(C(=O)NCC(=O)NCC2(N3CCOCC3)CCCCC2)cc1OC. The van der Waals surface area contributed by atoms with Crippen molar-refractivity contribution in [2.45, 2.75) is 37.6 Å². The lowest BCUT2D eigenvalue weighted by Gasteiger charge is -2.48. The molecule has 2 aliphatic rings. The van der Waals surface area contributed by atoms with Gasteiger partial charge in [-0.05, 0) is 31.0 Å². The third kappa shape index (κ3) is 5.43.